The first-order chi connectivity index (χ1) is 13.7. The van der Waals surface area contributed by atoms with Crippen LogP contribution in [0.4, 0.5) is 0 Å². The monoisotopic (exact) mass is 380 g/mol. The zero-order chi connectivity index (χ0) is 19.1. The molecule has 1 spiro atoms. The predicted octanol–water partition coefficient (Wildman–Crippen LogP) is 2.64. The number of carbonyl (C=O) groups is 2. The summed E-state index contributed by atoms with van der Waals surface area (Å²) in [4.78, 5) is 27.6. The molecule has 3 aliphatic rings. The molecule has 146 valence electrons. The first kappa shape index (κ1) is 17.4. The quantitative estimate of drug-likeness (QED) is 0.760. The van der Waals surface area contributed by atoms with E-state index in [0.717, 1.165) is 44.5 Å². The van der Waals surface area contributed by atoms with Gasteiger partial charge in [0.25, 0.3) is 5.91 Å². The fourth-order valence-electron chi connectivity index (χ4n) is 4.70. The van der Waals surface area contributed by atoms with Crippen LogP contribution < -0.4 is 4.74 Å². The zero-order valence-corrected chi connectivity index (χ0v) is 15.9. The van der Waals surface area contributed by atoms with Crippen LogP contribution in [0.25, 0.3) is 0 Å². The van der Waals surface area contributed by atoms with Crippen molar-refractivity contribution in [2.75, 3.05) is 13.1 Å². The number of ketones is 1. The van der Waals surface area contributed by atoms with Crippen LogP contribution in [0, 0.1) is 0 Å². The first-order valence-electron chi connectivity index (χ1n) is 10.2. The number of hydrogen-bond donors (Lipinski definition) is 0. The number of aromatic nitrogens is 3. The molecule has 1 aromatic heterocycles. The van der Waals surface area contributed by atoms with Gasteiger partial charge in [0.1, 0.15) is 17.2 Å². The maximum Gasteiger partial charge on any atom is 0.291 e. The third-order valence-electron chi connectivity index (χ3n) is 6.23. The predicted molar refractivity (Wildman–Crippen MR) is 101 cm³/mol. The molecule has 4 heterocycles. The van der Waals surface area contributed by atoms with E-state index in [9.17, 15) is 9.59 Å². The number of Topliss-reactive ketones (excluding diaryl/α,β-unsaturated/α-hetero) is 1. The second-order valence-corrected chi connectivity index (χ2v) is 8.08. The summed E-state index contributed by atoms with van der Waals surface area (Å²) in [5.74, 6) is 2.12. The molecule has 1 unspecified atom stereocenters. The first-order valence-corrected chi connectivity index (χ1v) is 10.2. The van der Waals surface area contributed by atoms with Crippen molar-refractivity contribution in [1.29, 1.82) is 0 Å². The topological polar surface area (TPSA) is 77.3 Å². The molecule has 3 aliphatic heterocycles. The molecule has 1 atom stereocenters. The number of para-hydroxylation sites is 1. The van der Waals surface area contributed by atoms with Gasteiger partial charge in [0.15, 0.2) is 5.78 Å². The van der Waals surface area contributed by atoms with E-state index in [1.165, 1.54) is 0 Å². The molecular weight excluding hydrogens is 356 g/mol. The number of fused-ring (bicyclic) bond motifs is 2. The van der Waals surface area contributed by atoms with Crippen LogP contribution in [0.2, 0.25) is 0 Å². The minimum absolute atomic E-state index is 0.0553. The van der Waals surface area contributed by atoms with Gasteiger partial charge in [-0.1, -0.05) is 12.1 Å². The molecule has 1 aromatic carbocycles. The van der Waals surface area contributed by atoms with Gasteiger partial charge in [0.05, 0.1) is 12.0 Å². The van der Waals surface area contributed by atoms with E-state index >= 15 is 0 Å². The van der Waals surface area contributed by atoms with E-state index in [1.54, 1.807) is 0 Å². The highest BCUT2D eigenvalue weighted by atomic mass is 16.5. The number of ether oxygens (including phenoxy) is 1. The number of amides is 1. The van der Waals surface area contributed by atoms with Crippen LogP contribution in [0.1, 0.15) is 65.3 Å². The molecule has 7 heteroatoms. The lowest BCUT2D eigenvalue weighted by Crippen LogP contribution is -2.43. The Labute approximate surface area is 163 Å². The molecule has 0 saturated carbocycles. The van der Waals surface area contributed by atoms with Crippen LogP contribution in [-0.2, 0) is 13.0 Å². The molecule has 0 N–H and O–H groups in total. The third kappa shape index (κ3) is 2.89. The lowest BCUT2D eigenvalue weighted by Gasteiger charge is -2.37. The maximum absolute atomic E-state index is 13.1. The highest BCUT2D eigenvalue weighted by Crippen LogP contribution is 2.39. The van der Waals surface area contributed by atoms with Gasteiger partial charge in [-0.2, -0.15) is 0 Å². The van der Waals surface area contributed by atoms with Crippen LogP contribution in [0.15, 0.2) is 24.3 Å². The van der Waals surface area contributed by atoms with Crippen LogP contribution in [0.5, 0.6) is 5.75 Å². The van der Waals surface area contributed by atoms with Crippen LogP contribution in [-0.4, -0.2) is 50.0 Å². The zero-order valence-electron chi connectivity index (χ0n) is 15.9. The van der Waals surface area contributed by atoms with E-state index in [-0.39, 0.29) is 11.7 Å². The van der Waals surface area contributed by atoms with E-state index in [1.807, 2.05) is 33.7 Å². The standard InChI is InChI=1S/C21H24N4O3/c26-16-14-21(28-17-7-2-1-6-15(16)17)9-5-11-24(13-10-21)20(27)19-23-22-18-8-3-4-12-25(18)19/h1-2,6-7H,3-5,8-14H2. The molecule has 5 rings (SSSR count). The summed E-state index contributed by atoms with van der Waals surface area (Å²) >= 11 is 0. The van der Waals surface area contributed by atoms with Gasteiger partial charge in [-0.15, -0.1) is 10.2 Å². The fourth-order valence-corrected chi connectivity index (χ4v) is 4.70. The van der Waals surface area contributed by atoms with Crippen LogP contribution >= 0.6 is 0 Å². The molecular formula is C21H24N4O3. The molecule has 7 nitrogen and oxygen atoms in total. The average Bonchev–Trinajstić information content (AvgIpc) is 3.04. The number of benzene rings is 1. The summed E-state index contributed by atoms with van der Waals surface area (Å²) < 4.78 is 8.30. The van der Waals surface area contributed by atoms with Gasteiger partial charge < -0.3 is 14.2 Å². The fraction of sp³-hybridized carbons (Fsp3) is 0.524. The summed E-state index contributed by atoms with van der Waals surface area (Å²) in [6, 6.07) is 7.45. The number of rotatable bonds is 1. The number of aryl methyl sites for hydroxylation is 1. The second-order valence-electron chi connectivity index (χ2n) is 8.08. The summed E-state index contributed by atoms with van der Waals surface area (Å²) in [6.07, 6.45) is 5.66. The smallest absolute Gasteiger partial charge is 0.291 e. The van der Waals surface area contributed by atoms with Gasteiger partial charge >= 0.3 is 0 Å². The van der Waals surface area contributed by atoms with Crippen molar-refractivity contribution in [3.8, 4) is 5.75 Å². The van der Waals surface area contributed by atoms with E-state index in [2.05, 4.69) is 10.2 Å². The Morgan fingerprint density at radius 1 is 1.04 bits per heavy atom. The molecule has 1 amide bonds. The molecule has 1 fully saturated rings. The van der Waals surface area contributed by atoms with Crippen molar-refractivity contribution in [2.24, 2.45) is 0 Å². The number of hydrogen-bond acceptors (Lipinski definition) is 5. The van der Waals surface area contributed by atoms with Crippen molar-refractivity contribution >= 4 is 11.7 Å². The Morgan fingerprint density at radius 2 is 1.93 bits per heavy atom. The summed E-state index contributed by atoms with van der Waals surface area (Å²) in [7, 11) is 0. The minimum atomic E-state index is -0.509. The Bertz CT molecular complexity index is 937. The van der Waals surface area contributed by atoms with Gasteiger partial charge in [-0.3, -0.25) is 9.59 Å². The highest BCUT2D eigenvalue weighted by Gasteiger charge is 2.42. The third-order valence-corrected chi connectivity index (χ3v) is 6.23. The Morgan fingerprint density at radius 3 is 2.86 bits per heavy atom. The second kappa shape index (κ2) is 6.72. The Kier molecular flexibility index (Phi) is 4.18. The Hall–Kier alpha value is -2.70. The van der Waals surface area contributed by atoms with E-state index < -0.39 is 5.60 Å². The van der Waals surface area contributed by atoms with Crippen molar-refractivity contribution in [1.82, 2.24) is 19.7 Å². The maximum atomic E-state index is 13.1. The Balaban J connectivity index is 1.34. The average molecular weight is 380 g/mol. The molecule has 2 aromatic rings. The molecule has 28 heavy (non-hydrogen) atoms. The lowest BCUT2D eigenvalue weighted by molar-refractivity contribution is 0.0299. The molecule has 0 radical (unpaired) electrons. The largest absolute Gasteiger partial charge is 0.486 e. The summed E-state index contributed by atoms with van der Waals surface area (Å²) in [5.41, 5.74) is 0.158. The number of nitrogens with zero attached hydrogens (tertiary/aromatic N) is 4. The molecule has 0 bridgehead atoms. The molecule has 0 aliphatic carbocycles. The van der Waals surface area contributed by atoms with Crippen molar-refractivity contribution in [3.05, 3.63) is 41.5 Å². The van der Waals surface area contributed by atoms with Crippen molar-refractivity contribution in [3.63, 3.8) is 0 Å². The highest BCUT2D eigenvalue weighted by molar-refractivity contribution is 6.00. The number of likely N-dealkylation sites (tertiary alicyclic amines) is 1. The van der Waals surface area contributed by atoms with Gasteiger partial charge in [-0.25, -0.2) is 0 Å². The van der Waals surface area contributed by atoms with Crippen molar-refractivity contribution in [2.45, 2.75) is 57.1 Å². The lowest BCUT2D eigenvalue weighted by atomic mass is 9.84. The summed E-state index contributed by atoms with van der Waals surface area (Å²) in [6.45, 7) is 2.04. The number of carbonyl (C=O) groups excluding carboxylic acids is 2. The van der Waals surface area contributed by atoms with E-state index in [4.69, 9.17) is 4.74 Å². The normalized spacial score (nSPS) is 24.3. The minimum Gasteiger partial charge on any atom is -0.486 e. The van der Waals surface area contributed by atoms with Gasteiger partial charge in [0, 0.05) is 32.5 Å². The molecule has 1 saturated heterocycles. The van der Waals surface area contributed by atoms with Gasteiger partial charge in [-0.05, 0) is 37.8 Å². The van der Waals surface area contributed by atoms with Crippen LogP contribution in [0.3, 0.4) is 0 Å². The summed E-state index contributed by atoms with van der Waals surface area (Å²) in [5, 5.41) is 8.40. The van der Waals surface area contributed by atoms with Gasteiger partial charge in [0.2, 0.25) is 5.82 Å². The van der Waals surface area contributed by atoms with E-state index in [0.29, 0.717) is 43.1 Å². The SMILES string of the molecule is O=C1CC2(CCCN(C(=O)c3nnc4n3CCCC4)CC2)Oc2ccccc21. The van der Waals surface area contributed by atoms with Crippen molar-refractivity contribution < 1.29 is 14.3 Å².